The summed E-state index contributed by atoms with van der Waals surface area (Å²) >= 11 is 0. The van der Waals surface area contributed by atoms with Crippen molar-refractivity contribution in [1.82, 2.24) is 10.6 Å². The number of hydrogen-bond acceptors (Lipinski definition) is 10. The standard InChI is InChI=1S/C31H43N3O10Si/c1-30(2,3)43-29(37)32-20-15-18-11-13-22(21(16-18)34(38)39)42-24-17-19(12-14-23(24)40-7)26(44-45(9,10)31(4,5)6)25(28(36)41-8)33-27(20)35/h11-14,16-17,20,25-26H,15H2,1-10H3,(H,32,37)(H,33,35)/t20?,25-,26-/m0/s1. The number of rotatable bonds is 6. The number of esters is 1. The van der Waals surface area contributed by atoms with Gasteiger partial charge in [-0.05, 0) is 68.2 Å². The molecule has 0 saturated carbocycles. The Hall–Kier alpha value is -4.17. The van der Waals surface area contributed by atoms with Gasteiger partial charge in [-0.1, -0.05) is 32.9 Å². The van der Waals surface area contributed by atoms with Gasteiger partial charge in [0.15, 0.2) is 25.9 Å². The first-order valence-corrected chi connectivity index (χ1v) is 17.4. The Kier molecular flexibility index (Phi) is 10.5. The fourth-order valence-electron chi connectivity index (χ4n) is 4.34. The fourth-order valence-corrected chi connectivity index (χ4v) is 5.60. The summed E-state index contributed by atoms with van der Waals surface area (Å²) in [5, 5.41) is 17.1. The van der Waals surface area contributed by atoms with E-state index in [-0.39, 0.29) is 34.4 Å². The Morgan fingerprint density at radius 2 is 1.71 bits per heavy atom. The number of methoxy groups -OCH3 is 2. The molecule has 14 heteroatoms. The second kappa shape index (κ2) is 13.4. The SMILES string of the molecule is COC(=O)[C@H]1NC(=O)C(NC(=O)OC(C)(C)C)Cc2ccc(c([N+](=O)[O-])c2)Oc2cc(ccc2OC)[C@@H]1O[Si](C)(C)C(C)(C)C. The average molecular weight is 646 g/mol. The summed E-state index contributed by atoms with van der Waals surface area (Å²) in [4.78, 5) is 51.7. The van der Waals surface area contributed by atoms with Gasteiger partial charge >= 0.3 is 17.7 Å². The van der Waals surface area contributed by atoms with Crippen LogP contribution in [0.1, 0.15) is 58.8 Å². The zero-order valence-corrected chi connectivity index (χ0v) is 28.4. The van der Waals surface area contributed by atoms with Crippen LogP contribution in [0.15, 0.2) is 36.4 Å². The molecule has 13 nitrogen and oxygen atoms in total. The number of nitro benzene ring substituents is 1. The lowest BCUT2D eigenvalue weighted by molar-refractivity contribution is -0.385. The molecule has 45 heavy (non-hydrogen) atoms. The summed E-state index contributed by atoms with van der Waals surface area (Å²) < 4.78 is 28.8. The van der Waals surface area contributed by atoms with Gasteiger partial charge < -0.3 is 34.0 Å². The summed E-state index contributed by atoms with van der Waals surface area (Å²) in [5.41, 5.74) is -0.483. The second-order valence-electron chi connectivity index (χ2n) is 13.3. The van der Waals surface area contributed by atoms with Gasteiger partial charge in [-0.2, -0.15) is 0 Å². The molecule has 2 aliphatic rings. The number of hydrogen-bond donors (Lipinski definition) is 2. The normalized spacial score (nSPS) is 19.0. The third kappa shape index (κ3) is 8.72. The number of nitrogens with zero attached hydrogens (tertiary/aromatic N) is 1. The first kappa shape index (κ1) is 35.3. The van der Waals surface area contributed by atoms with Crippen LogP contribution >= 0.6 is 0 Å². The molecule has 0 spiro atoms. The quantitative estimate of drug-likeness (QED) is 0.176. The van der Waals surface area contributed by atoms with Gasteiger partial charge in [-0.3, -0.25) is 14.9 Å². The zero-order valence-electron chi connectivity index (χ0n) is 27.4. The number of ether oxygens (including phenoxy) is 4. The van der Waals surface area contributed by atoms with Crippen molar-refractivity contribution in [3.8, 4) is 17.2 Å². The summed E-state index contributed by atoms with van der Waals surface area (Å²) in [6.07, 6.45) is -2.15. The number of fused-ring (bicyclic) bond motifs is 7. The van der Waals surface area contributed by atoms with Crippen molar-refractivity contribution in [2.45, 2.75) is 89.9 Å². The number of carbonyl (C=O) groups excluding carboxylic acids is 3. The highest BCUT2D eigenvalue weighted by atomic mass is 28.4. The van der Waals surface area contributed by atoms with Gasteiger partial charge in [0.25, 0.3) is 0 Å². The minimum Gasteiger partial charge on any atom is -0.493 e. The van der Waals surface area contributed by atoms with Crippen LogP contribution in [0.4, 0.5) is 10.5 Å². The first-order chi connectivity index (χ1) is 20.8. The summed E-state index contributed by atoms with van der Waals surface area (Å²) in [6, 6.07) is 6.35. The number of benzene rings is 2. The molecular formula is C31H43N3O10Si. The number of nitrogens with one attached hydrogen (secondary N) is 2. The minimum absolute atomic E-state index is 0.0799. The van der Waals surface area contributed by atoms with Crippen molar-refractivity contribution in [2.24, 2.45) is 0 Å². The molecule has 246 valence electrons. The van der Waals surface area contributed by atoms with E-state index in [4.69, 9.17) is 23.4 Å². The van der Waals surface area contributed by atoms with Gasteiger partial charge in [0.1, 0.15) is 17.7 Å². The molecule has 0 radical (unpaired) electrons. The second-order valence-corrected chi connectivity index (χ2v) is 18.0. The molecule has 4 bridgehead atoms. The third-order valence-electron chi connectivity index (χ3n) is 7.69. The van der Waals surface area contributed by atoms with Gasteiger partial charge in [-0.15, -0.1) is 0 Å². The number of nitro groups is 1. The highest BCUT2D eigenvalue weighted by Gasteiger charge is 2.44. The fraction of sp³-hybridized carbons (Fsp3) is 0.516. The third-order valence-corrected chi connectivity index (χ3v) is 12.1. The van der Waals surface area contributed by atoms with Crippen molar-refractivity contribution in [3.05, 3.63) is 57.6 Å². The van der Waals surface area contributed by atoms with Crippen molar-refractivity contribution in [3.63, 3.8) is 0 Å². The molecular weight excluding hydrogens is 602 g/mol. The van der Waals surface area contributed by atoms with Crippen LogP contribution in [-0.2, 0) is 29.9 Å². The van der Waals surface area contributed by atoms with Crippen LogP contribution in [0.25, 0.3) is 0 Å². The van der Waals surface area contributed by atoms with E-state index in [1.54, 1.807) is 45.0 Å². The summed E-state index contributed by atoms with van der Waals surface area (Å²) in [6.45, 7) is 15.1. The lowest BCUT2D eigenvalue weighted by Crippen LogP contribution is -2.56. The Bertz CT molecular complexity index is 1450. The maximum atomic E-state index is 14.0. The Labute approximate surface area is 264 Å². The van der Waals surface area contributed by atoms with Crippen LogP contribution in [0, 0.1) is 10.1 Å². The van der Waals surface area contributed by atoms with Crippen LogP contribution in [0.5, 0.6) is 17.2 Å². The highest BCUT2D eigenvalue weighted by molar-refractivity contribution is 6.74. The van der Waals surface area contributed by atoms with Crippen molar-refractivity contribution < 1.29 is 42.7 Å². The molecule has 2 N–H and O–H groups in total. The zero-order chi connectivity index (χ0) is 33.9. The molecule has 4 rings (SSSR count). The molecule has 3 atom stereocenters. The van der Waals surface area contributed by atoms with E-state index in [2.05, 4.69) is 10.6 Å². The van der Waals surface area contributed by atoms with Crippen LogP contribution in [-0.4, -0.2) is 63.1 Å². The lowest BCUT2D eigenvalue weighted by Gasteiger charge is -2.41. The molecule has 2 aromatic rings. The van der Waals surface area contributed by atoms with Gasteiger partial charge in [-0.25, -0.2) is 9.59 Å². The summed E-state index contributed by atoms with van der Waals surface area (Å²) in [7, 11) is -0.0202. The van der Waals surface area contributed by atoms with Crippen LogP contribution < -0.4 is 20.1 Å². The van der Waals surface area contributed by atoms with Crippen molar-refractivity contribution in [1.29, 1.82) is 0 Å². The highest BCUT2D eigenvalue weighted by Crippen LogP contribution is 2.43. The largest absolute Gasteiger partial charge is 0.493 e. The van der Waals surface area contributed by atoms with Crippen LogP contribution in [0.2, 0.25) is 18.1 Å². The van der Waals surface area contributed by atoms with Gasteiger partial charge in [0.05, 0.1) is 19.1 Å². The average Bonchev–Trinajstić information content (AvgIpc) is 2.92. The van der Waals surface area contributed by atoms with Crippen molar-refractivity contribution in [2.75, 3.05) is 14.2 Å². The van der Waals surface area contributed by atoms with Crippen LogP contribution in [0.3, 0.4) is 0 Å². The molecule has 0 fully saturated rings. The first-order valence-electron chi connectivity index (χ1n) is 14.4. The Balaban J connectivity index is 2.29. The van der Waals surface area contributed by atoms with E-state index in [0.717, 1.165) is 0 Å². The Morgan fingerprint density at radius 3 is 2.27 bits per heavy atom. The molecule has 0 aliphatic carbocycles. The maximum absolute atomic E-state index is 14.0. The smallest absolute Gasteiger partial charge is 0.408 e. The number of amides is 2. The van der Waals surface area contributed by atoms with E-state index >= 15 is 0 Å². The van der Waals surface area contributed by atoms with E-state index in [0.29, 0.717) is 11.1 Å². The van der Waals surface area contributed by atoms with Gasteiger partial charge in [0.2, 0.25) is 11.7 Å². The van der Waals surface area contributed by atoms with Gasteiger partial charge in [0, 0.05) is 12.5 Å². The van der Waals surface area contributed by atoms with E-state index in [9.17, 15) is 24.5 Å². The molecule has 1 unspecified atom stereocenters. The molecule has 2 aliphatic heterocycles. The monoisotopic (exact) mass is 645 g/mol. The predicted molar refractivity (Wildman–Crippen MR) is 168 cm³/mol. The molecule has 0 aromatic heterocycles. The lowest BCUT2D eigenvalue weighted by atomic mass is 9.99. The topological polar surface area (TPSA) is 165 Å². The number of carbonyl (C=O) groups is 3. The molecule has 2 aromatic carbocycles. The van der Waals surface area contributed by atoms with E-state index in [1.165, 1.54) is 26.4 Å². The van der Waals surface area contributed by atoms with E-state index < -0.39 is 55.0 Å². The van der Waals surface area contributed by atoms with Crippen molar-refractivity contribution >= 4 is 32.0 Å². The minimum atomic E-state index is -2.64. The Morgan fingerprint density at radius 1 is 1.04 bits per heavy atom. The van der Waals surface area contributed by atoms with E-state index in [1.807, 2.05) is 33.9 Å². The predicted octanol–water partition coefficient (Wildman–Crippen LogP) is 5.57. The molecule has 0 saturated heterocycles. The molecule has 2 heterocycles. The maximum Gasteiger partial charge on any atom is 0.408 e. The summed E-state index contributed by atoms with van der Waals surface area (Å²) in [5.74, 6) is -1.22. The number of alkyl carbamates (subject to hydrolysis) is 1. The molecule has 2 amide bonds.